The molecule has 0 atom stereocenters. The first-order valence-electron chi connectivity index (χ1n) is 21.4. The van der Waals surface area contributed by atoms with Gasteiger partial charge in [-0.2, -0.15) is 0 Å². The number of nitrogens with zero attached hydrogens (tertiary/aromatic N) is 1. The maximum absolute atomic E-state index is 6.61. The Morgan fingerprint density at radius 3 is 1.77 bits per heavy atom. The normalized spacial score (nSPS) is 13.3. The van der Waals surface area contributed by atoms with Crippen molar-refractivity contribution < 1.29 is 4.42 Å². The molecule has 0 amide bonds. The van der Waals surface area contributed by atoms with E-state index in [2.05, 4.69) is 182 Å². The van der Waals surface area contributed by atoms with Crippen molar-refractivity contribution in [2.75, 3.05) is 0 Å². The zero-order valence-corrected chi connectivity index (χ0v) is 33.6. The molecule has 0 aliphatic heterocycles. The summed E-state index contributed by atoms with van der Waals surface area (Å²) in [4.78, 5) is 4.94. The van der Waals surface area contributed by atoms with Gasteiger partial charge in [0.1, 0.15) is 5.52 Å². The average molecular weight is 786 g/mol. The highest BCUT2D eigenvalue weighted by molar-refractivity contribution is 6.19. The molecule has 1 heterocycles. The molecule has 0 fully saturated rings. The summed E-state index contributed by atoms with van der Waals surface area (Å²) in [5.74, 6) is 0.637. The van der Waals surface area contributed by atoms with Gasteiger partial charge in [-0.05, 0) is 159 Å². The molecule has 0 unspecified atom stereocenters. The molecule has 286 valence electrons. The fourth-order valence-corrected chi connectivity index (χ4v) is 11.1. The number of rotatable bonds is 3. The van der Waals surface area contributed by atoms with Gasteiger partial charge in [-0.25, -0.2) is 4.98 Å². The Labute approximate surface area is 358 Å². The molecule has 1 spiro atoms. The molecule has 1 aromatic heterocycles. The van der Waals surface area contributed by atoms with E-state index in [4.69, 9.17) is 9.40 Å². The number of aromatic nitrogens is 1. The van der Waals surface area contributed by atoms with Crippen LogP contribution in [0.4, 0.5) is 0 Å². The van der Waals surface area contributed by atoms with Gasteiger partial charge in [0, 0.05) is 10.9 Å². The third-order valence-corrected chi connectivity index (χ3v) is 13.8. The molecular formula is C60H35NO. The van der Waals surface area contributed by atoms with Gasteiger partial charge < -0.3 is 4.42 Å². The first-order chi connectivity index (χ1) is 30.7. The summed E-state index contributed by atoms with van der Waals surface area (Å²) in [6.07, 6.45) is 0. The smallest absolute Gasteiger partial charge is 0.227 e. The van der Waals surface area contributed by atoms with Crippen LogP contribution in [0.25, 0.3) is 110 Å². The van der Waals surface area contributed by atoms with Crippen molar-refractivity contribution in [3.8, 4) is 56.0 Å². The van der Waals surface area contributed by atoms with Crippen LogP contribution in [0.3, 0.4) is 0 Å². The van der Waals surface area contributed by atoms with E-state index < -0.39 is 5.41 Å². The minimum atomic E-state index is -0.447. The Hall–Kier alpha value is -8.07. The van der Waals surface area contributed by atoms with Crippen LogP contribution in [0, 0.1) is 0 Å². The van der Waals surface area contributed by atoms with Crippen molar-refractivity contribution in [1.82, 2.24) is 4.98 Å². The summed E-state index contributed by atoms with van der Waals surface area (Å²) >= 11 is 0. The number of hydrogen-bond donors (Lipinski definition) is 0. The maximum Gasteiger partial charge on any atom is 0.227 e. The highest BCUT2D eigenvalue weighted by Gasteiger charge is 2.51. The number of benzene rings is 11. The van der Waals surface area contributed by atoms with Crippen LogP contribution in [0.1, 0.15) is 22.3 Å². The van der Waals surface area contributed by atoms with Crippen molar-refractivity contribution in [3.63, 3.8) is 0 Å². The zero-order chi connectivity index (χ0) is 40.5. The summed E-state index contributed by atoms with van der Waals surface area (Å²) in [6.45, 7) is 0. The van der Waals surface area contributed by atoms with Crippen molar-refractivity contribution >= 4 is 54.2 Å². The van der Waals surface area contributed by atoms with Crippen LogP contribution < -0.4 is 0 Å². The average Bonchev–Trinajstić information content (AvgIpc) is 4.00. The largest absolute Gasteiger partial charge is 0.435 e. The Morgan fingerprint density at radius 1 is 0.323 bits per heavy atom. The van der Waals surface area contributed by atoms with Crippen molar-refractivity contribution in [2.24, 2.45) is 0 Å². The van der Waals surface area contributed by atoms with Gasteiger partial charge in [0.25, 0.3) is 0 Å². The minimum Gasteiger partial charge on any atom is -0.435 e. The second-order valence-electron chi connectivity index (χ2n) is 17.0. The van der Waals surface area contributed by atoms with Crippen LogP contribution in [-0.4, -0.2) is 4.98 Å². The summed E-state index contributed by atoms with van der Waals surface area (Å²) in [7, 11) is 0. The molecule has 0 radical (unpaired) electrons. The van der Waals surface area contributed by atoms with Crippen LogP contribution in [0.15, 0.2) is 217 Å². The summed E-state index contributed by atoms with van der Waals surface area (Å²) in [5, 5.41) is 9.52. The monoisotopic (exact) mass is 785 g/mol. The van der Waals surface area contributed by atoms with Gasteiger partial charge >= 0.3 is 0 Å². The molecule has 12 aromatic rings. The second kappa shape index (κ2) is 12.5. The maximum atomic E-state index is 6.61. The van der Waals surface area contributed by atoms with E-state index in [1.54, 1.807) is 0 Å². The highest BCUT2D eigenvalue weighted by Crippen LogP contribution is 2.63. The minimum absolute atomic E-state index is 0.447. The number of oxazole rings is 1. The van der Waals surface area contributed by atoms with Crippen molar-refractivity contribution in [1.29, 1.82) is 0 Å². The van der Waals surface area contributed by atoms with E-state index in [0.29, 0.717) is 5.89 Å². The molecule has 11 aromatic carbocycles. The van der Waals surface area contributed by atoms with Gasteiger partial charge in [-0.3, -0.25) is 0 Å². The number of hydrogen-bond acceptors (Lipinski definition) is 2. The fraction of sp³-hybridized carbons (Fsp3) is 0.0167. The van der Waals surface area contributed by atoms with Gasteiger partial charge in [-0.15, -0.1) is 0 Å². The third kappa shape index (κ3) is 4.56. The third-order valence-electron chi connectivity index (χ3n) is 13.8. The molecule has 62 heavy (non-hydrogen) atoms. The lowest BCUT2D eigenvalue weighted by atomic mass is 9.70. The number of fused-ring (bicyclic) bond motifs is 17. The van der Waals surface area contributed by atoms with Gasteiger partial charge in [0.2, 0.25) is 5.89 Å². The molecule has 2 aliphatic rings. The van der Waals surface area contributed by atoms with Gasteiger partial charge in [0.15, 0.2) is 5.58 Å². The van der Waals surface area contributed by atoms with Crippen molar-refractivity contribution in [3.05, 3.63) is 235 Å². The van der Waals surface area contributed by atoms with E-state index in [-0.39, 0.29) is 0 Å². The Bertz CT molecular complexity index is 3830. The molecule has 0 N–H and O–H groups in total. The molecule has 2 nitrogen and oxygen atoms in total. The topological polar surface area (TPSA) is 26.0 Å². The molecular weight excluding hydrogens is 751 g/mol. The standard InChI is InChI=1S/C60H35NO/c1-2-12-38(13-3-1)59-61-56-29-27-37-24-22-36-23-25-41(31-50(36)57(37)58(56)62-59)44-30-42-16-6-7-17-45(42)49(33-44)43-26-28-48-51-32-39-14-4-5-15-40(39)34-55(51)60(54(48)35-43)52-20-10-8-18-46(52)47-19-9-11-21-53(47)60/h1-35H. The van der Waals surface area contributed by atoms with Gasteiger partial charge in [0.05, 0.1) is 5.41 Å². The molecule has 0 saturated heterocycles. The van der Waals surface area contributed by atoms with E-state index >= 15 is 0 Å². The quantitative estimate of drug-likeness (QED) is 0.167. The molecule has 0 saturated carbocycles. The predicted octanol–water partition coefficient (Wildman–Crippen LogP) is 15.8. The highest BCUT2D eigenvalue weighted by atomic mass is 16.3. The first kappa shape index (κ1) is 33.7. The Morgan fingerprint density at radius 2 is 0.952 bits per heavy atom. The van der Waals surface area contributed by atoms with Crippen LogP contribution >= 0.6 is 0 Å². The Balaban J connectivity index is 0.998. The second-order valence-corrected chi connectivity index (χ2v) is 17.0. The van der Waals surface area contributed by atoms with E-state index in [0.717, 1.165) is 38.4 Å². The van der Waals surface area contributed by atoms with E-state index in [1.807, 2.05) is 30.3 Å². The molecule has 0 bridgehead atoms. The van der Waals surface area contributed by atoms with Crippen LogP contribution in [0.5, 0.6) is 0 Å². The van der Waals surface area contributed by atoms with E-state index in [1.165, 1.54) is 88.1 Å². The van der Waals surface area contributed by atoms with Crippen LogP contribution in [0.2, 0.25) is 0 Å². The molecule has 2 heteroatoms. The summed E-state index contributed by atoms with van der Waals surface area (Å²) in [6, 6.07) is 78.4. The zero-order valence-electron chi connectivity index (χ0n) is 33.6. The van der Waals surface area contributed by atoms with Crippen LogP contribution in [-0.2, 0) is 5.41 Å². The first-order valence-corrected chi connectivity index (χ1v) is 21.4. The van der Waals surface area contributed by atoms with E-state index in [9.17, 15) is 0 Å². The fourth-order valence-electron chi connectivity index (χ4n) is 11.1. The lowest BCUT2D eigenvalue weighted by Gasteiger charge is -2.31. The predicted molar refractivity (Wildman–Crippen MR) is 257 cm³/mol. The lowest BCUT2D eigenvalue weighted by molar-refractivity contribution is 0.623. The SMILES string of the molecule is c1ccc(-c2nc3ccc4ccc5ccc(-c6cc(-c7ccc8c(c7)C7(c9ccccc9-c9ccccc97)c7cc9ccccc9cc7-8)c7ccccc7c6)cc5c4c3o2)cc1. The molecule has 14 rings (SSSR count). The van der Waals surface area contributed by atoms with Gasteiger partial charge in [-0.1, -0.05) is 158 Å². The Kier molecular flexibility index (Phi) is 6.79. The summed E-state index contributed by atoms with van der Waals surface area (Å²) < 4.78 is 6.61. The van der Waals surface area contributed by atoms with Crippen molar-refractivity contribution in [2.45, 2.75) is 5.41 Å². The summed E-state index contributed by atoms with van der Waals surface area (Å²) in [5.41, 5.74) is 17.6. The lowest BCUT2D eigenvalue weighted by Crippen LogP contribution is -2.25. The molecule has 2 aliphatic carbocycles.